The number of aliphatic hydroxyl groups is 3. The molecule has 1 saturated carbocycles. The van der Waals surface area contributed by atoms with E-state index in [4.69, 9.17) is 14.7 Å². The van der Waals surface area contributed by atoms with Crippen molar-refractivity contribution in [2.75, 3.05) is 13.2 Å². The Hall–Kier alpha value is -3.73. The lowest BCUT2D eigenvalue weighted by Crippen LogP contribution is -2.62. The molecule has 4 N–H and O–H groups in total. The number of benzene rings is 2. The van der Waals surface area contributed by atoms with Gasteiger partial charge in [-0.2, -0.15) is 0 Å². The lowest BCUT2D eigenvalue weighted by Gasteiger charge is -2.56. The van der Waals surface area contributed by atoms with Gasteiger partial charge in [0.15, 0.2) is 0 Å². The number of aryl methyl sites for hydroxylation is 1. The van der Waals surface area contributed by atoms with Crippen LogP contribution < -0.4 is 4.74 Å². The van der Waals surface area contributed by atoms with E-state index in [1.54, 1.807) is 24.4 Å². The first kappa shape index (κ1) is 33.2. The molecule has 10 nitrogen and oxygen atoms in total. The monoisotopic (exact) mass is 644 g/mol. The smallest absolute Gasteiger partial charge is 0.238 e. The van der Waals surface area contributed by atoms with Crippen molar-refractivity contribution in [3.05, 3.63) is 83.2 Å². The summed E-state index contributed by atoms with van der Waals surface area (Å²) in [7, 11) is 0. The number of unbranched alkanes of at least 4 members (excludes halogenated alkanes) is 3. The van der Waals surface area contributed by atoms with E-state index in [0.29, 0.717) is 31.6 Å². The molecule has 252 valence electrons. The third-order valence-corrected chi connectivity index (χ3v) is 10.2. The second-order valence-electron chi connectivity index (χ2n) is 13.3. The highest BCUT2D eigenvalue weighted by molar-refractivity contribution is 6.02. The maximum atomic E-state index is 13.0. The second-order valence-corrected chi connectivity index (χ2v) is 13.3. The predicted octanol–water partition coefficient (Wildman–Crippen LogP) is 5.82. The molecule has 47 heavy (non-hydrogen) atoms. The minimum atomic E-state index is -1.68. The van der Waals surface area contributed by atoms with E-state index >= 15 is 0 Å². The van der Waals surface area contributed by atoms with Crippen molar-refractivity contribution in [2.45, 2.75) is 95.5 Å². The third-order valence-electron chi connectivity index (χ3n) is 10.2. The third kappa shape index (κ3) is 6.82. The molecule has 1 fully saturated rings. The summed E-state index contributed by atoms with van der Waals surface area (Å²) in [6, 6.07) is 14.4. The van der Waals surface area contributed by atoms with Crippen LogP contribution in [0.4, 0.5) is 0 Å². The van der Waals surface area contributed by atoms with Crippen molar-refractivity contribution >= 4 is 5.71 Å². The molecule has 0 radical (unpaired) electrons. The van der Waals surface area contributed by atoms with E-state index in [9.17, 15) is 20.4 Å². The number of nitrogens with zero attached hydrogens (tertiary/aromatic N) is 4. The first-order chi connectivity index (χ1) is 23.0. The van der Waals surface area contributed by atoms with Gasteiger partial charge in [-0.05, 0) is 79.7 Å². The van der Waals surface area contributed by atoms with Crippen LogP contribution >= 0.6 is 0 Å². The summed E-state index contributed by atoms with van der Waals surface area (Å²) in [5.41, 5.74) is 4.44. The summed E-state index contributed by atoms with van der Waals surface area (Å²) < 4.78 is 8.52. The number of phenols is 1. The van der Waals surface area contributed by atoms with E-state index in [-0.39, 0.29) is 36.7 Å². The predicted molar refractivity (Wildman–Crippen MR) is 178 cm³/mol. The summed E-state index contributed by atoms with van der Waals surface area (Å²) >= 11 is 0. The van der Waals surface area contributed by atoms with E-state index in [2.05, 4.69) is 23.3 Å². The van der Waals surface area contributed by atoms with Crippen LogP contribution in [0.2, 0.25) is 0 Å². The Kier molecular flexibility index (Phi) is 10.6. The Balaban J connectivity index is 1.50. The summed E-state index contributed by atoms with van der Waals surface area (Å²) in [6.07, 6.45) is 11.9. The Morgan fingerprint density at radius 2 is 1.81 bits per heavy atom. The van der Waals surface area contributed by atoms with Crippen LogP contribution in [0.1, 0.15) is 93.5 Å². The van der Waals surface area contributed by atoms with E-state index in [1.807, 2.05) is 35.0 Å². The number of phenolic OH excluding ortho intramolecular Hbond substituents is 1. The van der Waals surface area contributed by atoms with Gasteiger partial charge in [-0.15, -0.1) is 5.10 Å². The highest BCUT2D eigenvalue weighted by Crippen LogP contribution is 2.62. The Morgan fingerprint density at radius 3 is 2.57 bits per heavy atom. The summed E-state index contributed by atoms with van der Waals surface area (Å²) in [5.74, 6) is -1.51. The van der Waals surface area contributed by atoms with Gasteiger partial charge in [0.1, 0.15) is 24.1 Å². The van der Waals surface area contributed by atoms with Crippen LogP contribution in [-0.4, -0.2) is 60.1 Å². The van der Waals surface area contributed by atoms with E-state index < -0.39 is 17.7 Å². The molecule has 0 bridgehead atoms. The first-order valence-corrected chi connectivity index (χ1v) is 17.3. The zero-order chi connectivity index (χ0) is 32.8. The highest BCUT2D eigenvalue weighted by atomic mass is 16.6. The number of aliphatic hydroxyl groups excluding tert-OH is 2. The van der Waals surface area contributed by atoms with Crippen molar-refractivity contribution in [3.8, 4) is 11.5 Å². The van der Waals surface area contributed by atoms with Crippen LogP contribution in [0.25, 0.3) is 0 Å². The largest absolute Gasteiger partial charge is 0.508 e. The van der Waals surface area contributed by atoms with Gasteiger partial charge in [-0.3, -0.25) is 0 Å². The molecule has 10 heteroatoms. The normalized spacial score (nSPS) is 27.1. The fourth-order valence-electron chi connectivity index (χ4n) is 8.03. The van der Waals surface area contributed by atoms with Crippen LogP contribution in [0.3, 0.4) is 0 Å². The molecule has 2 heterocycles. The van der Waals surface area contributed by atoms with Gasteiger partial charge in [-0.25, -0.2) is 4.68 Å². The van der Waals surface area contributed by atoms with Crippen LogP contribution in [0, 0.1) is 17.8 Å². The van der Waals surface area contributed by atoms with Gasteiger partial charge >= 0.3 is 0 Å². The Bertz CT molecular complexity index is 1540. The van der Waals surface area contributed by atoms with Crippen molar-refractivity contribution in [3.63, 3.8) is 0 Å². The number of aromatic hydroxyl groups is 1. The molecule has 3 aliphatic rings. The van der Waals surface area contributed by atoms with Crippen molar-refractivity contribution in [1.82, 2.24) is 15.0 Å². The molecular weight excluding hydrogens is 596 g/mol. The molecular formula is C37H48N4O6. The lowest BCUT2D eigenvalue weighted by molar-refractivity contribution is -0.225. The second kappa shape index (κ2) is 15.0. The van der Waals surface area contributed by atoms with Gasteiger partial charge in [0.2, 0.25) is 5.79 Å². The molecule has 6 rings (SSSR count). The molecule has 6 unspecified atom stereocenters. The van der Waals surface area contributed by atoms with Gasteiger partial charge in [-0.1, -0.05) is 73.0 Å². The van der Waals surface area contributed by atoms with Gasteiger partial charge in [0, 0.05) is 31.1 Å². The topological polar surface area (TPSA) is 142 Å². The average molecular weight is 645 g/mol. The number of oxime groups is 1. The molecule has 2 aliphatic carbocycles. The summed E-state index contributed by atoms with van der Waals surface area (Å²) in [5, 5.41) is 56.6. The average Bonchev–Trinajstić information content (AvgIpc) is 3.54. The molecule has 2 aromatic carbocycles. The summed E-state index contributed by atoms with van der Waals surface area (Å²) in [6.45, 7) is 2.70. The van der Waals surface area contributed by atoms with Crippen LogP contribution in [-0.2, 0) is 17.9 Å². The number of rotatable bonds is 15. The lowest BCUT2D eigenvalue weighted by atomic mass is 9.55. The molecule has 1 aromatic heterocycles. The van der Waals surface area contributed by atoms with Crippen molar-refractivity contribution in [1.29, 1.82) is 0 Å². The molecule has 0 amide bonds. The zero-order valence-electron chi connectivity index (χ0n) is 27.2. The molecule has 1 aliphatic heterocycles. The van der Waals surface area contributed by atoms with E-state index in [0.717, 1.165) is 73.1 Å². The molecule has 0 spiro atoms. The standard InChI is InChI=1S/C37H48N4O6/c1-2-3-14-27-23-38-40-41(27)34-22-32(39-46-24-25-11-5-4-6-12-25)30-20-26(13-7-9-18-42)29(15-8-10-19-43)35-31-21-28(44)16-17-33(31)47-37(34,45)36(30)35/h4-6,11-12,16-17,20-21,23,26,29,34-36,42-45H,2-3,7-10,13-15,18-19,22,24H2,1H3. The Labute approximate surface area is 276 Å². The van der Waals surface area contributed by atoms with Crippen LogP contribution in [0.5, 0.6) is 11.5 Å². The molecule has 3 aromatic rings. The van der Waals surface area contributed by atoms with Crippen molar-refractivity contribution in [2.24, 2.45) is 22.9 Å². The number of hydrogen-bond donors (Lipinski definition) is 4. The quantitative estimate of drug-likeness (QED) is 0.120. The zero-order valence-corrected chi connectivity index (χ0v) is 27.2. The number of hydrogen-bond acceptors (Lipinski definition) is 9. The fraction of sp³-hybridized carbons (Fsp3) is 0.541. The van der Waals surface area contributed by atoms with Crippen molar-refractivity contribution < 1.29 is 30.0 Å². The van der Waals surface area contributed by atoms with Crippen LogP contribution in [0.15, 0.2) is 71.5 Å². The highest BCUT2D eigenvalue weighted by Gasteiger charge is 2.63. The first-order valence-electron chi connectivity index (χ1n) is 17.3. The van der Waals surface area contributed by atoms with E-state index in [1.165, 1.54) is 0 Å². The number of allylic oxidation sites excluding steroid dienone is 1. The van der Waals surface area contributed by atoms with Gasteiger partial charge < -0.3 is 30.0 Å². The maximum absolute atomic E-state index is 13.0. The SMILES string of the molecule is CCCCc1cnnn1C1CC(=NOCc2ccccc2)C2=CC(CCCCO)C(CCCCO)C3c4cc(O)ccc4OC1(O)C23. The molecule has 0 saturated heterocycles. The minimum absolute atomic E-state index is 0.0884. The summed E-state index contributed by atoms with van der Waals surface area (Å²) in [4.78, 5) is 6.03. The number of aromatic nitrogens is 3. The Morgan fingerprint density at radius 1 is 1.02 bits per heavy atom. The number of ether oxygens (including phenoxy) is 1. The number of fused-ring (bicyclic) bond motifs is 2. The molecule has 6 atom stereocenters. The fourth-order valence-corrected chi connectivity index (χ4v) is 8.03. The van der Waals surface area contributed by atoms with Gasteiger partial charge in [0.25, 0.3) is 0 Å². The maximum Gasteiger partial charge on any atom is 0.238 e. The minimum Gasteiger partial charge on any atom is -0.508 e. The van der Waals surface area contributed by atoms with Gasteiger partial charge in [0.05, 0.1) is 23.5 Å².